The van der Waals surface area contributed by atoms with Crippen LogP contribution in [0.1, 0.15) is 35.2 Å². The number of aryl methyl sites for hydroxylation is 1. The molecule has 1 aliphatic heterocycles. The number of nitrogens with zero attached hydrogens (tertiary/aromatic N) is 4. The van der Waals surface area contributed by atoms with Crippen LogP contribution in [0.25, 0.3) is 0 Å². The highest BCUT2D eigenvalue weighted by Gasteiger charge is 2.38. The van der Waals surface area contributed by atoms with Gasteiger partial charge in [-0.2, -0.15) is 0 Å². The van der Waals surface area contributed by atoms with Crippen molar-refractivity contribution in [3.8, 4) is 0 Å². The lowest BCUT2D eigenvalue weighted by Gasteiger charge is -2.24. The van der Waals surface area contributed by atoms with Crippen LogP contribution >= 0.6 is 0 Å². The van der Waals surface area contributed by atoms with E-state index in [0.29, 0.717) is 12.4 Å². The maximum Gasteiger partial charge on any atom is 0.323 e. The Bertz CT molecular complexity index is 1180. The van der Waals surface area contributed by atoms with Gasteiger partial charge in [0.1, 0.15) is 17.9 Å². The Kier molecular flexibility index (Phi) is 6.47. The van der Waals surface area contributed by atoms with E-state index in [4.69, 9.17) is 4.99 Å². The summed E-state index contributed by atoms with van der Waals surface area (Å²) >= 11 is 0. The zero-order valence-corrected chi connectivity index (χ0v) is 18.9. The molecule has 0 radical (unpaired) electrons. The van der Waals surface area contributed by atoms with Crippen molar-refractivity contribution >= 4 is 11.9 Å². The van der Waals surface area contributed by atoms with E-state index in [0.717, 1.165) is 29.7 Å². The minimum atomic E-state index is -0.258. The highest BCUT2D eigenvalue weighted by molar-refractivity contribution is 6.07. The average Bonchev–Trinajstić information content (AvgIpc) is 3.52. The van der Waals surface area contributed by atoms with Crippen LogP contribution in [0.15, 0.2) is 115 Å². The summed E-state index contributed by atoms with van der Waals surface area (Å²) in [5.74, 6) is 0.677. The van der Waals surface area contributed by atoms with Crippen molar-refractivity contribution in [2.24, 2.45) is 4.99 Å². The quantitative estimate of drug-likeness (QED) is 0.400. The predicted molar refractivity (Wildman–Crippen MR) is 133 cm³/mol. The number of aromatic nitrogens is 2. The molecule has 1 unspecified atom stereocenters. The molecule has 0 bridgehead atoms. The van der Waals surface area contributed by atoms with E-state index in [1.165, 1.54) is 0 Å². The van der Waals surface area contributed by atoms with Gasteiger partial charge in [0, 0.05) is 25.5 Å². The molecule has 1 N–H and O–H groups in total. The van der Waals surface area contributed by atoms with Crippen LogP contribution in [0.4, 0.5) is 4.79 Å². The van der Waals surface area contributed by atoms with Gasteiger partial charge in [-0.3, -0.25) is 10.3 Å². The zero-order valence-electron chi connectivity index (χ0n) is 18.9. The molecule has 0 saturated carbocycles. The minimum absolute atomic E-state index is 0.113. The highest BCUT2D eigenvalue weighted by Crippen LogP contribution is 2.32. The normalized spacial score (nSPS) is 16.9. The van der Waals surface area contributed by atoms with E-state index in [9.17, 15) is 4.79 Å². The van der Waals surface area contributed by atoms with E-state index in [1.54, 1.807) is 12.5 Å². The number of hydrogen-bond acceptors (Lipinski definition) is 3. The lowest BCUT2D eigenvalue weighted by atomic mass is 9.98. The van der Waals surface area contributed by atoms with Crippen molar-refractivity contribution in [3.63, 3.8) is 0 Å². The number of amidine groups is 1. The summed E-state index contributed by atoms with van der Waals surface area (Å²) in [6, 6.07) is 30.0. The van der Waals surface area contributed by atoms with Gasteiger partial charge < -0.3 is 9.47 Å². The fourth-order valence-electron chi connectivity index (χ4n) is 4.42. The number of hydrogen-bond donors (Lipinski definition) is 1. The number of carbonyl (C=O) groups is 1. The lowest BCUT2D eigenvalue weighted by molar-refractivity contribution is 0.204. The van der Waals surface area contributed by atoms with Crippen molar-refractivity contribution in [3.05, 3.63) is 126 Å². The number of aliphatic imine (C=N–C) groups is 1. The molecule has 0 spiro atoms. The third-order valence-corrected chi connectivity index (χ3v) is 6.06. The van der Waals surface area contributed by atoms with E-state index >= 15 is 0 Å². The van der Waals surface area contributed by atoms with Gasteiger partial charge in [-0.05, 0) is 23.1 Å². The first-order valence-electron chi connectivity index (χ1n) is 11.6. The van der Waals surface area contributed by atoms with E-state index in [1.807, 2.05) is 70.3 Å². The molecule has 2 heterocycles. The highest BCUT2D eigenvalue weighted by atomic mass is 16.2. The number of rotatable bonds is 8. The average molecular weight is 450 g/mol. The Balaban J connectivity index is 1.49. The minimum Gasteiger partial charge on any atom is -0.337 e. The molecule has 4 aromatic rings. The van der Waals surface area contributed by atoms with E-state index in [2.05, 4.69) is 46.7 Å². The molecule has 1 fully saturated rings. The van der Waals surface area contributed by atoms with Crippen LogP contribution in [0.5, 0.6) is 0 Å². The van der Waals surface area contributed by atoms with Crippen molar-refractivity contribution in [1.82, 2.24) is 19.8 Å². The largest absolute Gasteiger partial charge is 0.337 e. The number of carbonyl (C=O) groups excluding carboxylic acids is 1. The van der Waals surface area contributed by atoms with Gasteiger partial charge in [0.05, 0.1) is 6.33 Å². The molecule has 6 heteroatoms. The number of nitrogens with one attached hydrogen (secondary N) is 1. The van der Waals surface area contributed by atoms with E-state index < -0.39 is 0 Å². The first-order chi connectivity index (χ1) is 16.8. The maximum absolute atomic E-state index is 13.1. The SMILES string of the molecule is O=C1NC(=NC(c2ccccc2)c2ccccc2)C(c2ccccc2)N1CCCn1ccnc1. The number of imidazole rings is 1. The summed E-state index contributed by atoms with van der Waals surface area (Å²) in [5.41, 5.74) is 3.21. The summed E-state index contributed by atoms with van der Waals surface area (Å²) in [4.78, 5) is 24.3. The van der Waals surface area contributed by atoms with Crippen LogP contribution in [0.3, 0.4) is 0 Å². The van der Waals surface area contributed by atoms with Crippen LogP contribution in [-0.4, -0.2) is 32.9 Å². The zero-order chi connectivity index (χ0) is 23.2. The van der Waals surface area contributed by atoms with E-state index in [-0.39, 0.29) is 18.1 Å². The van der Waals surface area contributed by atoms with Gasteiger partial charge in [-0.25, -0.2) is 9.78 Å². The molecular formula is C28H27N5O. The Morgan fingerprint density at radius 3 is 2.06 bits per heavy atom. The molecule has 6 nitrogen and oxygen atoms in total. The number of benzene rings is 3. The Labute approximate surface area is 199 Å². The maximum atomic E-state index is 13.1. The summed E-state index contributed by atoms with van der Waals surface area (Å²) in [6.45, 7) is 1.42. The number of amides is 2. The van der Waals surface area contributed by atoms with Gasteiger partial charge in [-0.15, -0.1) is 0 Å². The second-order valence-electron chi connectivity index (χ2n) is 8.33. The van der Waals surface area contributed by atoms with Crippen molar-refractivity contribution in [2.75, 3.05) is 6.54 Å². The van der Waals surface area contributed by atoms with Gasteiger partial charge in [0.15, 0.2) is 0 Å². The summed E-state index contributed by atoms with van der Waals surface area (Å²) < 4.78 is 2.03. The third kappa shape index (κ3) is 4.76. The molecule has 170 valence electrons. The first kappa shape index (κ1) is 21.6. The standard InChI is InChI=1S/C28H27N5O/c34-28-31-27(30-25(22-11-4-1-5-12-22)23-13-6-2-7-14-23)26(24-15-8-3-9-16-24)33(28)19-10-18-32-20-17-29-21-32/h1-9,11-17,20-21,25-26H,10,18-19H2,(H,30,31,34). The van der Waals surface area contributed by atoms with Crippen LogP contribution in [0, 0.1) is 0 Å². The molecule has 3 aromatic carbocycles. The van der Waals surface area contributed by atoms with Crippen LogP contribution < -0.4 is 5.32 Å². The Morgan fingerprint density at radius 1 is 0.853 bits per heavy atom. The summed E-state index contributed by atoms with van der Waals surface area (Å²) in [5, 5.41) is 3.08. The molecule has 34 heavy (non-hydrogen) atoms. The second-order valence-corrected chi connectivity index (χ2v) is 8.33. The van der Waals surface area contributed by atoms with Gasteiger partial charge in [0.2, 0.25) is 0 Å². The third-order valence-electron chi connectivity index (χ3n) is 6.06. The number of urea groups is 1. The smallest absolute Gasteiger partial charge is 0.323 e. The molecule has 1 atom stereocenters. The van der Waals surface area contributed by atoms with Gasteiger partial charge in [-0.1, -0.05) is 91.0 Å². The monoisotopic (exact) mass is 449 g/mol. The summed E-state index contributed by atoms with van der Waals surface area (Å²) in [7, 11) is 0. The fraction of sp³-hybridized carbons (Fsp3) is 0.179. The van der Waals surface area contributed by atoms with Crippen molar-refractivity contribution in [2.45, 2.75) is 25.0 Å². The topological polar surface area (TPSA) is 62.5 Å². The molecular weight excluding hydrogens is 422 g/mol. The molecule has 0 aliphatic carbocycles. The molecule has 1 aromatic heterocycles. The Hall–Kier alpha value is -4.19. The fourth-order valence-corrected chi connectivity index (χ4v) is 4.42. The molecule has 1 saturated heterocycles. The van der Waals surface area contributed by atoms with Crippen molar-refractivity contribution < 1.29 is 4.79 Å². The summed E-state index contributed by atoms with van der Waals surface area (Å²) in [6.07, 6.45) is 6.33. The first-order valence-corrected chi connectivity index (χ1v) is 11.6. The lowest BCUT2D eigenvalue weighted by Crippen LogP contribution is -2.31. The van der Waals surface area contributed by atoms with Crippen LogP contribution in [0.2, 0.25) is 0 Å². The van der Waals surface area contributed by atoms with Gasteiger partial charge >= 0.3 is 6.03 Å². The Morgan fingerprint density at radius 2 is 1.47 bits per heavy atom. The molecule has 5 rings (SSSR count). The van der Waals surface area contributed by atoms with Crippen molar-refractivity contribution in [1.29, 1.82) is 0 Å². The molecule has 1 aliphatic rings. The molecule has 2 amide bonds. The van der Waals surface area contributed by atoms with Gasteiger partial charge in [0.25, 0.3) is 0 Å². The predicted octanol–water partition coefficient (Wildman–Crippen LogP) is 5.23. The second kappa shape index (κ2) is 10.2. The van der Waals surface area contributed by atoms with Crippen LogP contribution in [-0.2, 0) is 6.54 Å².